The molecule has 0 aliphatic carbocycles. The first-order chi connectivity index (χ1) is 11.1. The van der Waals surface area contributed by atoms with Gasteiger partial charge in [-0.3, -0.25) is 4.79 Å². The van der Waals surface area contributed by atoms with Crippen molar-refractivity contribution in [2.24, 2.45) is 5.10 Å². The first kappa shape index (κ1) is 16.7. The van der Waals surface area contributed by atoms with Gasteiger partial charge in [0.25, 0.3) is 5.91 Å². The van der Waals surface area contributed by atoms with Crippen LogP contribution >= 0.6 is 0 Å². The summed E-state index contributed by atoms with van der Waals surface area (Å²) in [5.74, 6) is 0.389. The van der Waals surface area contributed by atoms with E-state index in [9.17, 15) is 4.79 Å². The second kappa shape index (κ2) is 8.13. The van der Waals surface area contributed by atoms with Gasteiger partial charge in [0.05, 0.1) is 6.21 Å². The van der Waals surface area contributed by atoms with Gasteiger partial charge in [-0.1, -0.05) is 43.3 Å². The summed E-state index contributed by atoms with van der Waals surface area (Å²) in [7, 11) is 0. The minimum absolute atomic E-state index is 0.284. The Morgan fingerprint density at radius 3 is 2.65 bits per heavy atom. The van der Waals surface area contributed by atoms with Crippen LogP contribution in [0.4, 0.5) is 0 Å². The number of hydrogen-bond donors (Lipinski definition) is 1. The molecule has 1 amide bonds. The molecule has 0 bridgehead atoms. The van der Waals surface area contributed by atoms with Crippen LogP contribution in [0.1, 0.15) is 30.5 Å². The molecule has 2 aromatic carbocycles. The lowest BCUT2D eigenvalue weighted by atomic mass is 10.1. The Bertz CT molecular complexity index is 678. The van der Waals surface area contributed by atoms with Gasteiger partial charge in [0.2, 0.25) is 0 Å². The zero-order valence-corrected chi connectivity index (χ0v) is 13.7. The molecule has 4 heteroatoms. The second-order valence-electron chi connectivity index (χ2n) is 5.41. The Morgan fingerprint density at radius 2 is 2.00 bits per heavy atom. The van der Waals surface area contributed by atoms with E-state index in [1.165, 1.54) is 5.56 Å². The van der Waals surface area contributed by atoms with E-state index in [1.807, 2.05) is 55.5 Å². The van der Waals surface area contributed by atoms with Crippen molar-refractivity contribution in [3.8, 4) is 5.75 Å². The van der Waals surface area contributed by atoms with Gasteiger partial charge in [-0.2, -0.15) is 5.10 Å². The van der Waals surface area contributed by atoms with E-state index in [0.717, 1.165) is 17.5 Å². The maximum absolute atomic E-state index is 12.0. The topological polar surface area (TPSA) is 50.7 Å². The van der Waals surface area contributed by atoms with Gasteiger partial charge in [-0.15, -0.1) is 0 Å². The monoisotopic (exact) mass is 310 g/mol. The zero-order valence-electron chi connectivity index (χ0n) is 13.7. The first-order valence-corrected chi connectivity index (χ1v) is 7.73. The lowest BCUT2D eigenvalue weighted by molar-refractivity contribution is -0.127. The van der Waals surface area contributed by atoms with Gasteiger partial charge in [-0.05, 0) is 49.1 Å². The number of hydrazone groups is 1. The van der Waals surface area contributed by atoms with Gasteiger partial charge < -0.3 is 4.74 Å². The highest BCUT2D eigenvalue weighted by molar-refractivity contribution is 5.84. The molecular formula is C19H22N2O2. The summed E-state index contributed by atoms with van der Waals surface area (Å²) in [6.45, 7) is 5.79. The Labute approximate surface area is 137 Å². The molecule has 0 heterocycles. The van der Waals surface area contributed by atoms with Crippen LogP contribution in [-0.4, -0.2) is 18.2 Å². The van der Waals surface area contributed by atoms with E-state index in [2.05, 4.69) is 17.5 Å². The normalized spacial score (nSPS) is 12.1. The number of nitrogens with one attached hydrogen (secondary N) is 1. The van der Waals surface area contributed by atoms with E-state index in [1.54, 1.807) is 13.1 Å². The van der Waals surface area contributed by atoms with Crippen LogP contribution in [0.25, 0.3) is 0 Å². The van der Waals surface area contributed by atoms with E-state index < -0.39 is 6.10 Å². The zero-order chi connectivity index (χ0) is 16.7. The fourth-order valence-corrected chi connectivity index (χ4v) is 2.05. The van der Waals surface area contributed by atoms with Crippen molar-refractivity contribution >= 4 is 12.1 Å². The van der Waals surface area contributed by atoms with Crippen LogP contribution in [0.3, 0.4) is 0 Å². The molecule has 23 heavy (non-hydrogen) atoms. The van der Waals surface area contributed by atoms with Crippen molar-refractivity contribution in [1.82, 2.24) is 5.43 Å². The quantitative estimate of drug-likeness (QED) is 0.656. The molecule has 1 atom stereocenters. The third-order valence-corrected chi connectivity index (χ3v) is 3.45. The number of aryl methyl sites for hydroxylation is 2. The van der Waals surface area contributed by atoms with Crippen LogP contribution in [0.2, 0.25) is 0 Å². The molecule has 0 aromatic heterocycles. The molecule has 4 nitrogen and oxygen atoms in total. The molecule has 0 saturated carbocycles. The van der Waals surface area contributed by atoms with Crippen molar-refractivity contribution in [3.05, 3.63) is 65.2 Å². The summed E-state index contributed by atoms with van der Waals surface area (Å²) in [4.78, 5) is 12.0. The number of benzene rings is 2. The van der Waals surface area contributed by atoms with Crippen molar-refractivity contribution in [1.29, 1.82) is 0 Å². The lowest BCUT2D eigenvalue weighted by Crippen LogP contribution is -2.33. The van der Waals surface area contributed by atoms with E-state index in [-0.39, 0.29) is 5.91 Å². The summed E-state index contributed by atoms with van der Waals surface area (Å²) in [5.41, 5.74) is 5.80. The maximum Gasteiger partial charge on any atom is 0.280 e. The number of nitrogens with zero attached hydrogens (tertiary/aromatic N) is 1. The van der Waals surface area contributed by atoms with Crippen LogP contribution in [0.5, 0.6) is 5.75 Å². The van der Waals surface area contributed by atoms with Crippen molar-refractivity contribution in [2.45, 2.75) is 33.3 Å². The Morgan fingerprint density at radius 1 is 1.26 bits per heavy atom. The maximum atomic E-state index is 12.0. The number of carbonyl (C=O) groups is 1. The summed E-state index contributed by atoms with van der Waals surface area (Å²) >= 11 is 0. The molecule has 0 aliphatic heterocycles. The fourth-order valence-electron chi connectivity index (χ4n) is 2.05. The number of amides is 1. The number of rotatable bonds is 6. The Kier molecular flexibility index (Phi) is 5.92. The molecule has 0 fully saturated rings. The summed E-state index contributed by atoms with van der Waals surface area (Å²) in [5, 5.41) is 3.97. The molecule has 0 saturated heterocycles. The molecule has 0 radical (unpaired) electrons. The Balaban J connectivity index is 1.86. The van der Waals surface area contributed by atoms with Crippen molar-refractivity contribution in [3.63, 3.8) is 0 Å². The van der Waals surface area contributed by atoms with Crippen molar-refractivity contribution < 1.29 is 9.53 Å². The number of carbonyl (C=O) groups excluding carboxylic acids is 1. The smallest absolute Gasteiger partial charge is 0.280 e. The van der Waals surface area contributed by atoms with Crippen LogP contribution in [-0.2, 0) is 11.2 Å². The van der Waals surface area contributed by atoms with E-state index >= 15 is 0 Å². The summed E-state index contributed by atoms with van der Waals surface area (Å²) in [6, 6.07) is 15.6. The average molecular weight is 310 g/mol. The average Bonchev–Trinajstić information content (AvgIpc) is 2.55. The van der Waals surface area contributed by atoms with Gasteiger partial charge in [0.15, 0.2) is 6.10 Å². The van der Waals surface area contributed by atoms with Crippen LogP contribution in [0, 0.1) is 6.92 Å². The van der Waals surface area contributed by atoms with Gasteiger partial charge in [0.1, 0.15) is 5.75 Å². The summed E-state index contributed by atoms with van der Waals surface area (Å²) in [6.07, 6.45) is 2.01. The Hall–Kier alpha value is -2.62. The predicted octanol–water partition coefficient (Wildman–Crippen LogP) is 3.48. The minimum atomic E-state index is -0.614. The highest BCUT2D eigenvalue weighted by Crippen LogP contribution is 2.14. The molecule has 2 aromatic rings. The molecule has 2 rings (SSSR count). The van der Waals surface area contributed by atoms with Gasteiger partial charge in [-0.25, -0.2) is 5.43 Å². The highest BCUT2D eigenvalue weighted by atomic mass is 16.5. The van der Waals surface area contributed by atoms with Crippen LogP contribution < -0.4 is 10.2 Å². The fraction of sp³-hybridized carbons (Fsp3) is 0.263. The van der Waals surface area contributed by atoms with Gasteiger partial charge >= 0.3 is 0 Å². The third-order valence-electron chi connectivity index (χ3n) is 3.45. The van der Waals surface area contributed by atoms with Gasteiger partial charge in [0, 0.05) is 0 Å². The molecule has 0 aliphatic rings. The number of ether oxygens (including phenoxy) is 1. The van der Waals surface area contributed by atoms with Crippen LogP contribution in [0.15, 0.2) is 53.6 Å². The highest BCUT2D eigenvalue weighted by Gasteiger charge is 2.13. The SMILES string of the molecule is CCc1ccc(C=NNC(=O)[C@H](C)Oc2cccc(C)c2)cc1. The van der Waals surface area contributed by atoms with E-state index in [0.29, 0.717) is 5.75 Å². The molecular weight excluding hydrogens is 288 g/mol. The second-order valence-corrected chi connectivity index (χ2v) is 5.41. The molecule has 120 valence electrons. The minimum Gasteiger partial charge on any atom is -0.481 e. The predicted molar refractivity (Wildman–Crippen MR) is 92.8 cm³/mol. The molecule has 0 unspecified atom stereocenters. The molecule has 0 spiro atoms. The lowest BCUT2D eigenvalue weighted by Gasteiger charge is -2.13. The standard InChI is InChI=1S/C19H22N2O2/c1-4-16-8-10-17(11-9-16)13-20-21-19(22)15(3)23-18-7-5-6-14(2)12-18/h5-13,15H,4H2,1-3H3,(H,21,22)/t15-/m0/s1. The summed E-state index contributed by atoms with van der Waals surface area (Å²) < 4.78 is 5.60. The molecule has 1 N–H and O–H groups in total. The van der Waals surface area contributed by atoms with Crippen molar-refractivity contribution in [2.75, 3.05) is 0 Å². The first-order valence-electron chi connectivity index (χ1n) is 7.73. The van der Waals surface area contributed by atoms with E-state index in [4.69, 9.17) is 4.74 Å². The number of hydrogen-bond acceptors (Lipinski definition) is 3. The largest absolute Gasteiger partial charge is 0.481 e. The third kappa shape index (κ3) is 5.25.